The van der Waals surface area contributed by atoms with E-state index < -0.39 is 10.5 Å². The van der Waals surface area contributed by atoms with Gasteiger partial charge < -0.3 is 20.1 Å². The van der Waals surface area contributed by atoms with Crippen molar-refractivity contribution >= 4 is 23.7 Å². The van der Waals surface area contributed by atoms with E-state index in [4.69, 9.17) is 9.47 Å². The molecule has 0 spiro atoms. The quantitative estimate of drug-likeness (QED) is 0.580. The van der Waals surface area contributed by atoms with E-state index >= 15 is 0 Å². The van der Waals surface area contributed by atoms with Crippen molar-refractivity contribution < 1.29 is 19.1 Å². The molecule has 0 amide bonds. The maximum Gasteiger partial charge on any atom is 0.319 e. The normalized spacial score (nSPS) is 27.2. The van der Waals surface area contributed by atoms with Gasteiger partial charge in [0.1, 0.15) is 22.7 Å². The number of carbonyl (C=O) groups is 2. The monoisotopic (exact) mass is 456 g/mol. The van der Waals surface area contributed by atoms with Crippen molar-refractivity contribution in [1.29, 1.82) is 0 Å². The highest BCUT2D eigenvalue weighted by molar-refractivity contribution is 8.01. The minimum atomic E-state index is -0.426. The van der Waals surface area contributed by atoms with Crippen LogP contribution in [0.3, 0.4) is 0 Å². The maximum atomic E-state index is 12.7. The fourth-order valence-corrected chi connectivity index (χ4v) is 6.51. The topological polar surface area (TPSA) is 76.7 Å². The number of hydrogen-bond acceptors (Lipinski definition) is 7. The first-order valence-corrected chi connectivity index (χ1v) is 12.5. The van der Waals surface area contributed by atoms with E-state index in [0.717, 1.165) is 25.7 Å². The van der Waals surface area contributed by atoms with Crippen molar-refractivity contribution in [2.75, 3.05) is 0 Å². The van der Waals surface area contributed by atoms with Gasteiger partial charge in [-0.05, 0) is 69.2 Å². The van der Waals surface area contributed by atoms with Crippen molar-refractivity contribution in [2.45, 2.75) is 140 Å². The molecule has 0 radical (unpaired) electrons. The third-order valence-corrected chi connectivity index (χ3v) is 7.14. The molecule has 2 aliphatic rings. The van der Waals surface area contributed by atoms with Crippen LogP contribution >= 0.6 is 11.8 Å². The Morgan fingerprint density at radius 1 is 0.677 bits per heavy atom. The van der Waals surface area contributed by atoms with E-state index in [1.54, 1.807) is 0 Å². The van der Waals surface area contributed by atoms with Gasteiger partial charge in [-0.2, -0.15) is 0 Å². The van der Waals surface area contributed by atoms with Crippen LogP contribution in [0.1, 0.15) is 94.9 Å². The number of hydrogen-bond donors (Lipinski definition) is 2. The molecule has 180 valence electrons. The van der Waals surface area contributed by atoms with Crippen LogP contribution in [0.4, 0.5) is 0 Å². The molecule has 2 fully saturated rings. The average molecular weight is 457 g/mol. The third kappa shape index (κ3) is 8.25. The van der Waals surface area contributed by atoms with Crippen molar-refractivity contribution in [3.05, 3.63) is 0 Å². The number of carbonyl (C=O) groups excluding carboxylic acids is 2. The van der Waals surface area contributed by atoms with E-state index in [0.29, 0.717) is 0 Å². The van der Waals surface area contributed by atoms with Gasteiger partial charge in [0.05, 0.1) is 0 Å². The summed E-state index contributed by atoms with van der Waals surface area (Å²) in [5.74, 6) is -0.514. The second-order valence-electron chi connectivity index (χ2n) is 12.1. The molecule has 0 aromatic carbocycles. The highest BCUT2D eigenvalue weighted by Crippen LogP contribution is 2.33. The fourth-order valence-electron chi connectivity index (χ4n) is 5.56. The lowest BCUT2D eigenvalue weighted by Crippen LogP contribution is -2.60. The largest absolute Gasteiger partial charge is 0.461 e. The molecule has 0 aliphatic carbocycles. The molecule has 6 nitrogen and oxygen atoms in total. The van der Waals surface area contributed by atoms with Gasteiger partial charge in [0.2, 0.25) is 0 Å². The zero-order chi connectivity index (χ0) is 23.8. The molecule has 0 bridgehead atoms. The molecule has 2 atom stereocenters. The van der Waals surface area contributed by atoms with E-state index in [9.17, 15) is 9.59 Å². The zero-order valence-corrected chi connectivity index (χ0v) is 22.0. The molecular formula is C24H44N2O4S. The van der Waals surface area contributed by atoms with Gasteiger partial charge in [-0.15, -0.1) is 11.8 Å². The second kappa shape index (κ2) is 9.22. The predicted molar refractivity (Wildman–Crippen MR) is 127 cm³/mol. The molecule has 2 unspecified atom stereocenters. The van der Waals surface area contributed by atoms with Crippen LogP contribution in [-0.2, 0) is 19.1 Å². The number of rotatable bonds is 6. The van der Waals surface area contributed by atoms with Gasteiger partial charge in [0.25, 0.3) is 0 Å². The standard InChI is InChI=1S/C24H44N2O4S/c1-15(19(27)29-17-11-21(3,4)25-22(5,6)12-17)31-16(2)20(28)30-18-13-23(7,8)26-24(9,10)14-18/h15-18,25-26H,11-14H2,1-10H3. The minimum Gasteiger partial charge on any atom is -0.461 e. The number of nitrogens with one attached hydrogen (secondary N) is 2. The summed E-state index contributed by atoms with van der Waals surface area (Å²) in [7, 11) is 0. The number of thioether (sulfide) groups is 1. The third-order valence-electron chi connectivity index (χ3n) is 5.94. The zero-order valence-electron chi connectivity index (χ0n) is 21.2. The van der Waals surface area contributed by atoms with Crippen LogP contribution in [0.5, 0.6) is 0 Å². The Labute approximate surface area is 193 Å². The molecule has 2 saturated heterocycles. The lowest BCUT2D eigenvalue weighted by Gasteiger charge is -2.46. The first-order chi connectivity index (χ1) is 13.9. The molecule has 2 heterocycles. The van der Waals surface area contributed by atoms with E-state index in [1.807, 2.05) is 13.8 Å². The van der Waals surface area contributed by atoms with E-state index in [-0.39, 0.29) is 46.3 Å². The molecule has 0 aromatic rings. The van der Waals surface area contributed by atoms with Gasteiger partial charge in [-0.25, -0.2) is 0 Å². The summed E-state index contributed by atoms with van der Waals surface area (Å²) in [4.78, 5) is 25.5. The van der Waals surface area contributed by atoms with Gasteiger partial charge in [-0.3, -0.25) is 9.59 Å². The SMILES string of the molecule is CC(SC(C)C(=O)OC1CC(C)(C)NC(C)(C)C1)C(=O)OC1CC(C)(C)NC(C)(C)C1. The van der Waals surface area contributed by atoms with Crippen molar-refractivity contribution in [1.82, 2.24) is 10.6 Å². The molecular weight excluding hydrogens is 412 g/mol. The van der Waals surface area contributed by atoms with Gasteiger partial charge in [0, 0.05) is 47.8 Å². The molecule has 0 saturated carbocycles. The van der Waals surface area contributed by atoms with Crippen LogP contribution in [0.2, 0.25) is 0 Å². The predicted octanol–water partition coefficient (Wildman–Crippen LogP) is 4.20. The maximum absolute atomic E-state index is 12.7. The molecule has 31 heavy (non-hydrogen) atoms. The highest BCUT2D eigenvalue weighted by atomic mass is 32.2. The first kappa shape index (κ1) is 26.5. The summed E-state index contributed by atoms with van der Waals surface area (Å²) >= 11 is 1.31. The Hall–Kier alpha value is -0.790. The Morgan fingerprint density at radius 3 is 1.19 bits per heavy atom. The van der Waals surface area contributed by atoms with E-state index in [1.165, 1.54) is 11.8 Å². The van der Waals surface area contributed by atoms with E-state index in [2.05, 4.69) is 66.0 Å². The Bertz CT molecular complexity index is 586. The number of esters is 2. The average Bonchev–Trinajstić information content (AvgIpc) is 2.47. The van der Waals surface area contributed by atoms with Crippen LogP contribution < -0.4 is 10.6 Å². The molecule has 2 N–H and O–H groups in total. The Balaban J connectivity index is 1.87. The summed E-state index contributed by atoms with van der Waals surface area (Å²) in [6.45, 7) is 20.7. The highest BCUT2D eigenvalue weighted by Gasteiger charge is 2.41. The van der Waals surface area contributed by atoms with Crippen molar-refractivity contribution in [3.63, 3.8) is 0 Å². The summed E-state index contributed by atoms with van der Waals surface area (Å²) in [5.41, 5.74) is -0.347. The lowest BCUT2D eigenvalue weighted by atomic mass is 9.81. The molecule has 2 aliphatic heterocycles. The number of piperidine rings is 2. The summed E-state index contributed by atoms with van der Waals surface area (Å²) in [6.07, 6.45) is 2.86. The molecule has 7 heteroatoms. The van der Waals surface area contributed by atoms with Gasteiger partial charge in [0.15, 0.2) is 0 Å². The van der Waals surface area contributed by atoms with Crippen LogP contribution in [0.15, 0.2) is 0 Å². The van der Waals surface area contributed by atoms with Crippen molar-refractivity contribution in [3.8, 4) is 0 Å². The van der Waals surface area contributed by atoms with Crippen LogP contribution in [0.25, 0.3) is 0 Å². The van der Waals surface area contributed by atoms with Gasteiger partial charge in [-0.1, -0.05) is 0 Å². The molecule has 0 aromatic heterocycles. The summed E-state index contributed by atoms with van der Waals surface area (Å²) in [6, 6.07) is 0. The minimum absolute atomic E-state index is 0.0867. The smallest absolute Gasteiger partial charge is 0.319 e. The fraction of sp³-hybridized carbons (Fsp3) is 0.917. The second-order valence-corrected chi connectivity index (χ2v) is 13.8. The van der Waals surface area contributed by atoms with Gasteiger partial charge >= 0.3 is 11.9 Å². The summed E-state index contributed by atoms with van der Waals surface area (Å²) < 4.78 is 11.7. The first-order valence-electron chi connectivity index (χ1n) is 11.5. The van der Waals surface area contributed by atoms with Crippen LogP contribution in [-0.4, -0.2) is 56.8 Å². The lowest BCUT2D eigenvalue weighted by molar-refractivity contribution is -0.152. The summed E-state index contributed by atoms with van der Waals surface area (Å²) in [5, 5.41) is 6.35. The molecule has 2 rings (SSSR count). The Morgan fingerprint density at radius 2 is 0.935 bits per heavy atom. The number of ether oxygens (including phenoxy) is 2. The van der Waals surface area contributed by atoms with Crippen LogP contribution in [0, 0.1) is 0 Å². The Kier molecular flexibility index (Phi) is 7.87. The van der Waals surface area contributed by atoms with Crippen molar-refractivity contribution in [2.24, 2.45) is 0 Å².